The Morgan fingerprint density at radius 3 is 2.11 bits per heavy atom. The van der Waals surface area contributed by atoms with Gasteiger partial charge in [0, 0.05) is 20.9 Å². The number of hydrogen-bond acceptors (Lipinski definition) is 0. The Bertz CT molecular complexity index is 596. The van der Waals surface area contributed by atoms with Crippen LogP contribution < -0.4 is 0 Å². The first-order chi connectivity index (χ1) is 8.52. The van der Waals surface area contributed by atoms with E-state index in [1.54, 1.807) is 12.1 Å². The summed E-state index contributed by atoms with van der Waals surface area (Å²) in [4.78, 5) is 0. The predicted octanol–water partition coefficient (Wildman–Crippen LogP) is 6.86. The topological polar surface area (TPSA) is 0 Å². The van der Waals surface area contributed by atoms with Crippen molar-refractivity contribution in [2.45, 2.75) is 5.33 Å². The van der Waals surface area contributed by atoms with Crippen molar-refractivity contribution < 1.29 is 0 Å². The van der Waals surface area contributed by atoms with Gasteiger partial charge >= 0.3 is 0 Å². The van der Waals surface area contributed by atoms with Gasteiger partial charge in [-0.3, -0.25) is 0 Å². The predicted molar refractivity (Wildman–Crippen MR) is 84.5 cm³/mol. The third-order valence-electron chi connectivity index (χ3n) is 2.52. The highest BCUT2D eigenvalue weighted by molar-refractivity contribution is 9.08. The smallest absolute Gasteiger partial charge is 0.0607 e. The summed E-state index contributed by atoms with van der Waals surface area (Å²) >= 11 is 27.7. The fourth-order valence-corrected chi connectivity index (χ4v) is 2.95. The van der Waals surface area contributed by atoms with Gasteiger partial charge in [0.1, 0.15) is 0 Å². The van der Waals surface area contributed by atoms with Crippen LogP contribution in [0.5, 0.6) is 0 Å². The Morgan fingerprint density at radius 1 is 0.778 bits per heavy atom. The van der Waals surface area contributed by atoms with Gasteiger partial charge in [-0.05, 0) is 35.4 Å². The molecule has 0 fully saturated rings. The summed E-state index contributed by atoms with van der Waals surface area (Å²) in [6.45, 7) is 0. The van der Waals surface area contributed by atoms with Gasteiger partial charge in [-0.15, -0.1) is 0 Å². The molecule has 18 heavy (non-hydrogen) atoms. The third kappa shape index (κ3) is 2.97. The Morgan fingerprint density at radius 2 is 1.44 bits per heavy atom. The molecule has 0 aromatic heterocycles. The average molecular weight is 385 g/mol. The Balaban J connectivity index is 2.68. The lowest BCUT2D eigenvalue weighted by Gasteiger charge is -2.11. The molecule has 0 bridgehead atoms. The van der Waals surface area contributed by atoms with E-state index < -0.39 is 0 Å². The number of hydrogen-bond donors (Lipinski definition) is 0. The molecule has 0 unspecified atom stereocenters. The van der Waals surface area contributed by atoms with Gasteiger partial charge in [0.15, 0.2) is 0 Å². The van der Waals surface area contributed by atoms with Crippen molar-refractivity contribution in [3.8, 4) is 11.1 Å². The lowest BCUT2D eigenvalue weighted by Crippen LogP contribution is -1.88. The summed E-state index contributed by atoms with van der Waals surface area (Å²) in [6, 6.07) is 9.05. The molecule has 0 N–H and O–H groups in total. The van der Waals surface area contributed by atoms with E-state index in [9.17, 15) is 0 Å². The highest BCUT2D eigenvalue weighted by Crippen LogP contribution is 2.38. The average Bonchev–Trinajstić information content (AvgIpc) is 2.34. The summed E-state index contributed by atoms with van der Waals surface area (Å²) in [5.74, 6) is 0. The van der Waals surface area contributed by atoms with Crippen molar-refractivity contribution in [1.29, 1.82) is 0 Å². The van der Waals surface area contributed by atoms with Crippen LogP contribution >= 0.6 is 62.3 Å². The second-order valence-corrected chi connectivity index (χ2v) is 5.90. The molecule has 0 amide bonds. The van der Waals surface area contributed by atoms with Crippen molar-refractivity contribution in [3.05, 3.63) is 56.0 Å². The lowest BCUT2D eigenvalue weighted by molar-refractivity contribution is 1.43. The molecule has 2 aromatic carbocycles. The molecule has 0 saturated carbocycles. The van der Waals surface area contributed by atoms with Crippen molar-refractivity contribution >= 4 is 62.3 Å². The molecular weight excluding hydrogens is 378 g/mol. The van der Waals surface area contributed by atoms with Crippen molar-refractivity contribution in [2.75, 3.05) is 0 Å². The fraction of sp³-hybridized carbons (Fsp3) is 0.0769. The van der Waals surface area contributed by atoms with E-state index in [4.69, 9.17) is 46.4 Å². The second-order valence-electron chi connectivity index (χ2n) is 3.68. The van der Waals surface area contributed by atoms with Gasteiger partial charge < -0.3 is 0 Å². The van der Waals surface area contributed by atoms with E-state index >= 15 is 0 Å². The van der Waals surface area contributed by atoms with Gasteiger partial charge in [-0.2, -0.15) is 0 Å². The highest BCUT2D eigenvalue weighted by Gasteiger charge is 2.12. The molecule has 0 aliphatic carbocycles. The molecule has 0 aliphatic heterocycles. The molecule has 5 heteroatoms. The van der Waals surface area contributed by atoms with Crippen LogP contribution in [0.25, 0.3) is 11.1 Å². The molecule has 0 heterocycles. The van der Waals surface area contributed by atoms with Crippen LogP contribution in [-0.2, 0) is 5.33 Å². The molecule has 0 spiro atoms. The highest BCUT2D eigenvalue weighted by atomic mass is 79.9. The molecular formula is C13H7BrCl4. The zero-order valence-corrected chi connectivity index (χ0v) is 13.6. The van der Waals surface area contributed by atoms with E-state index in [2.05, 4.69) is 15.9 Å². The molecule has 2 rings (SSSR count). The van der Waals surface area contributed by atoms with E-state index in [-0.39, 0.29) is 0 Å². The van der Waals surface area contributed by atoms with E-state index in [0.29, 0.717) is 25.4 Å². The maximum atomic E-state index is 6.22. The molecule has 2 aromatic rings. The maximum absolute atomic E-state index is 6.22. The standard InChI is InChI=1S/C13H7BrCl4/c14-6-7-1-2-8(15)3-9(7)10-4-12(17)13(18)5-11(10)16/h1-5H,6H2. The summed E-state index contributed by atoms with van der Waals surface area (Å²) in [6.07, 6.45) is 0. The van der Waals surface area contributed by atoms with E-state index in [0.717, 1.165) is 16.7 Å². The summed E-state index contributed by atoms with van der Waals surface area (Å²) in [5.41, 5.74) is 2.85. The van der Waals surface area contributed by atoms with Crippen LogP contribution in [0.1, 0.15) is 5.56 Å². The van der Waals surface area contributed by atoms with Crippen molar-refractivity contribution in [3.63, 3.8) is 0 Å². The summed E-state index contributed by atoms with van der Waals surface area (Å²) < 4.78 is 0. The van der Waals surface area contributed by atoms with E-state index in [1.807, 2.05) is 18.2 Å². The fourth-order valence-electron chi connectivity index (χ4n) is 1.64. The van der Waals surface area contributed by atoms with Gasteiger partial charge in [0.05, 0.1) is 10.0 Å². The largest absolute Gasteiger partial charge is 0.0876 e. The number of rotatable bonds is 2. The van der Waals surface area contributed by atoms with Crippen LogP contribution in [0.2, 0.25) is 20.1 Å². The monoisotopic (exact) mass is 382 g/mol. The zero-order chi connectivity index (χ0) is 13.3. The van der Waals surface area contributed by atoms with Gasteiger partial charge in [0.25, 0.3) is 0 Å². The number of halogens is 5. The number of benzene rings is 2. The molecule has 0 nitrogen and oxygen atoms in total. The molecule has 0 saturated heterocycles. The van der Waals surface area contributed by atoms with Crippen molar-refractivity contribution in [2.24, 2.45) is 0 Å². The third-order valence-corrected chi connectivity index (χ3v) is 4.39. The lowest BCUT2D eigenvalue weighted by atomic mass is 10.0. The first kappa shape index (κ1) is 14.5. The van der Waals surface area contributed by atoms with E-state index in [1.165, 1.54) is 0 Å². The Kier molecular flexibility index (Phi) is 4.85. The Hall–Kier alpha value is 0.0800. The van der Waals surface area contributed by atoms with Crippen LogP contribution in [0, 0.1) is 0 Å². The quantitative estimate of drug-likeness (QED) is 0.391. The first-order valence-corrected chi connectivity index (χ1v) is 7.65. The first-order valence-electron chi connectivity index (χ1n) is 5.02. The summed E-state index contributed by atoms with van der Waals surface area (Å²) in [7, 11) is 0. The van der Waals surface area contributed by atoms with Crippen LogP contribution in [0.4, 0.5) is 0 Å². The van der Waals surface area contributed by atoms with Crippen LogP contribution in [0.15, 0.2) is 30.3 Å². The van der Waals surface area contributed by atoms with Gasteiger partial charge in [-0.1, -0.05) is 68.4 Å². The molecule has 0 aliphatic rings. The molecule has 0 atom stereocenters. The minimum Gasteiger partial charge on any atom is -0.0876 e. The minimum atomic E-state index is 0.438. The molecule has 94 valence electrons. The second kappa shape index (κ2) is 6.02. The van der Waals surface area contributed by atoms with Crippen LogP contribution in [-0.4, -0.2) is 0 Å². The van der Waals surface area contributed by atoms with Gasteiger partial charge in [-0.25, -0.2) is 0 Å². The summed E-state index contributed by atoms with van der Waals surface area (Å²) in [5, 5.41) is 2.81. The van der Waals surface area contributed by atoms with Crippen LogP contribution in [0.3, 0.4) is 0 Å². The van der Waals surface area contributed by atoms with Crippen molar-refractivity contribution in [1.82, 2.24) is 0 Å². The molecule has 0 radical (unpaired) electrons. The SMILES string of the molecule is Clc1ccc(CBr)c(-c2cc(Cl)c(Cl)cc2Cl)c1. The normalized spacial score (nSPS) is 10.7. The van der Waals surface area contributed by atoms with Gasteiger partial charge in [0.2, 0.25) is 0 Å². The number of alkyl halides is 1. The maximum Gasteiger partial charge on any atom is 0.0607 e. The Labute approximate surface area is 134 Å². The zero-order valence-electron chi connectivity index (χ0n) is 8.98. The minimum absolute atomic E-state index is 0.438.